The molecule has 1 saturated heterocycles. The van der Waals surface area contributed by atoms with Gasteiger partial charge in [0, 0.05) is 19.7 Å². The number of sulfonamides is 1. The molecule has 0 radical (unpaired) electrons. The third kappa shape index (κ3) is 5.96. The van der Waals surface area contributed by atoms with Crippen LogP contribution in [0.15, 0.2) is 83.8 Å². The van der Waals surface area contributed by atoms with Crippen molar-refractivity contribution < 1.29 is 22.6 Å². The van der Waals surface area contributed by atoms with Crippen LogP contribution in [0.2, 0.25) is 5.02 Å². The Morgan fingerprint density at radius 2 is 1.77 bits per heavy atom. The van der Waals surface area contributed by atoms with Gasteiger partial charge in [0.05, 0.1) is 40.1 Å². The molecular formula is C29H30ClN3O5S. The van der Waals surface area contributed by atoms with E-state index in [-0.39, 0.29) is 24.1 Å². The van der Waals surface area contributed by atoms with Crippen molar-refractivity contribution in [2.75, 3.05) is 20.3 Å². The van der Waals surface area contributed by atoms with Crippen LogP contribution in [-0.2, 0) is 21.3 Å². The number of aryl methyl sites for hydroxylation is 1. The van der Waals surface area contributed by atoms with Crippen molar-refractivity contribution in [3.63, 3.8) is 0 Å². The lowest BCUT2D eigenvalue weighted by molar-refractivity contribution is 0.0924. The minimum atomic E-state index is -3.90. The zero-order chi connectivity index (χ0) is 27.4. The van der Waals surface area contributed by atoms with E-state index in [2.05, 4.69) is 0 Å². The number of nitrogens with zero attached hydrogens (tertiary/aromatic N) is 3. The standard InChI is InChI=1S/C29H30ClN3O5S/c1-21-26(29(38-28-13-7-6-12-27(28)30)33(31-21)22-9-4-3-5-10-22)20-32(19-24-11-8-18-37-24)39(34,35)25-16-14-23(36-2)15-17-25/h3-7,9-10,12-17,24H,8,11,18-20H2,1-2H3/t24-/m0/s1. The molecule has 0 N–H and O–H groups in total. The number of hydrogen-bond donors (Lipinski definition) is 0. The number of benzene rings is 3. The van der Waals surface area contributed by atoms with Gasteiger partial charge in [0.25, 0.3) is 0 Å². The maximum atomic E-state index is 14.0. The first-order chi connectivity index (χ1) is 18.9. The Bertz CT molecular complexity index is 1520. The lowest BCUT2D eigenvalue weighted by Crippen LogP contribution is -2.37. The first-order valence-corrected chi connectivity index (χ1v) is 14.5. The van der Waals surface area contributed by atoms with Crippen LogP contribution in [0.3, 0.4) is 0 Å². The molecule has 204 valence electrons. The number of ether oxygens (including phenoxy) is 3. The molecule has 0 aliphatic carbocycles. The first-order valence-electron chi connectivity index (χ1n) is 12.7. The van der Waals surface area contributed by atoms with E-state index in [1.807, 2.05) is 49.4 Å². The molecule has 1 fully saturated rings. The molecule has 8 nitrogen and oxygen atoms in total. The highest BCUT2D eigenvalue weighted by molar-refractivity contribution is 7.89. The van der Waals surface area contributed by atoms with Gasteiger partial charge in [-0.05, 0) is 68.3 Å². The van der Waals surface area contributed by atoms with Crippen LogP contribution in [0.5, 0.6) is 17.4 Å². The Hall–Kier alpha value is -3.37. The topological polar surface area (TPSA) is 82.9 Å². The Labute approximate surface area is 233 Å². The third-order valence-corrected chi connectivity index (χ3v) is 8.78. The summed E-state index contributed by atoms with van der Waals surface area (Å²) in [7, 11) is -2.36. The molecule has 10 heteroatoms. The van der Waals surface area contributed by atoms with Crippen molar-refractivity contribution in [1.82, 2.24) is 14.1 Å². The Morgan fingerprint density at radius 1 is 1.05 bits per heavy atom. The van der Waals surface area contributed by atoms with Crippen LogP contribution in [0, 0.1) is 6.92 Å². The van der Waals surface area contributed by atoms with Crippen molar-refractivity contribution in [2.45, 2.75) is 37.3 Å². The molecule has 1 aliphatic heterocycles. The van der Waals surface area contributed by atoms with Crippen molar-refractivity contribution in [1.29, 1.82) is 0 Å². The van der Waals surface area contributed by atoms with Crippen LogP contribution in [0.1, 0.15) is 24.1 Å². The van der Waals surface area contributed by atoms with E-state index >= 15 is 0 Å². The molecule has 0 saturated carbocycles. The highest BCUT2D eigenvalue weighted by Gasteiger charge is 2.32. The lowest BCUT2D eigenvalue weighted by Gasteiger charge is -2.25. The summed E-state index contributed by atoms with van der Waals surface area (Å²) in [6.07, 6.45) is 1.49. The van der Waals surface area contributed by atoms with Gasteiger partial charge in [-0.1, -0.05) is 41.9 Å². The molecular weight excluding hydrogens is 538 g/mol. The highest BCUT2D eigenvalue weighted by Crippen LogP contribution is 2.36. The van der Waals surface area contributed by atoms with Crippen molar-refractivity contribution in [2.24, 2.45) is 0 Å². The quantitative estimate of drug-likeness (QED) is 0.233. The molecule has 0 amide bonds. The summed E-state index contributed by atoms with van der Waals surface area (Å²) in [5.41, 5.74) is 2.05. The van der Waals surface area contributed by atoms with Gasteiger partial charge in [-0.3, -0.25) is 0 Å². The molecule has 4 aromatic rings. The minimum Gasteiger partial charge on any atom is -0.497 e. The van der Waals surface area contributed by atoms with Gasteiger partial charge in [0.2, 0.25) is 15.9 Å². The molecule has 1 aliphatic rings. The van der Waals surface area contributed by atoms with Gasteiger partial charge in [0.1, 0.15) is 11.5 Å². The summed E-state index contributed by atoms with van der Waals surface area (Å²) >= 11 is 6.44. The van der Waals surface area contributed by atoms with E-state index in [9.17, 15) is 8.42 Å². The zero-order valence-corrected chi connectivity index (χ0v) is 23.4. The maximum absolute atomic E-state index is 14.0. The van der Waals surface area contributed by atoms with E-state index in [0.717, 1.165) is 18.5 Å². The van der Waals surface area contributed by atoms with E-state index in [4.69, 9.17) is 30.9 Å². The van der Waals surface area contributed by atoms with E-state index in [0.29, 0.717) is 40.3 Å². The number of hydrogen-bond acceptors (Lipinski definition) is 6. The second kappa shape index (κ2) is 11.8. The second-order valence-corrected chi connectivity index (χ2v) is 11.6. The molecule has 1 atom stereocenters. The van der Waals surface area contributed by atoms with Gasteiger partial charge in [-0.15, -0.1) is 0 Å². The van der Waals surface area contributed by atoms with Crippen LogP contribution < -0.4 is 9.47 Å². The average Bonchev–Trinajstić information content (AvgIpc) is 3.58. The summed E-state index contributed by atoms with van der Waals surface area (Å²) in [5, 5.41) is 5.18. The summed E-state index contributed by atoms with van der Waals surface area (Å²) in [5.74, 6) is 1.42. The molecule has 5 rings (SSSR count). The maximum Gasteiger partial charge on any atom is 0.243 e. The lowest BCUT2D eigenvalue weighted by atomic mass is 10.2. The first kappa shape index (κ1) is 27.2. The van der Waals surface area contributed by atoms with Gasteiger partial charge >= 0.3 is 0 Å². The largest absolute Gasteiger partial charge is 0.497 e. The number of methoxy groups -OCH3 is 1. The van der Waals surface area contributed by atoms with Crippen molar-refractivity contribution in [3.05, 3.63) is 95.1 Å². The molecule has 1 aromatic heterocycles. The molecule has 2 heterocycles. The Kier molecular flexibility index (Phi) is 8.23. The third-order valence-electron chi connectivity index (χ3n) is 6.64. The second-order valence-electron chi connectivity index (χ2n) is 9.26. The zero-order valence-electron chi connectivity index (χ0n) is 21.8. The predicted octanol–water partition coefficient (Wildman–Crippen LogP) is 6.00. The van der Waals surface area contributed by atoms with Crippen LogP contribution in [-0.4, -0.2) is 48.9 Å². The van der Waals surface area contributed by atoms with Gasteiger partial charge < -0.3 is 14.2 Å². The summed E-state index contributed by atoms with van der Waals surface area (Å²) in [6.45, 7) is 2.70. The number of rotatable bonds is 10. The average molecular weight is 568 g/mol. The Morgan fingerprint density at radius 3 is 2.44 bits per heavy atom. The van der Waals surface area contributed by atoms with Gasteiger partial charge in [-0.2, -0.15) is 9.40 Å². The number of halogens is 1. The van der Waals surface area contributed by atoms with E-state index in [1.165, 1.54) is 4.31 Å². The molecule has 0 spiro atoms. The van der Waals surface area contributed by atoms with E-state index in [1.54, 1.807) is 48.2 Å². The summed E-state index contributed by atoms with van der Waals surface area (Å²) < 4.78 is 48.5. The fourth-order valence-corrected chi connectivity index (χ4v) is 6.15. The monoisotopic (exact) mass is 567 g/mol. The predicted molar refractivity (Wildman–Crippen MR) is 149 cm³/mol. The van der Waals surface area contributed by atoms with Crippen molar-refractivity contribution >= 4 is 21.6 Å². The fraction of sp³-hybridized carbons (Fsp3) is 0.276. The highest BCUT2D eigenvalue weighted by atomic mass is 35.5. The minimum absolute atomic E-state index is 0.0344. The number of para-hydroxylation sites is 2. The van der Waals surface area contributed by atoms with Gasteiger partial charge in [0.15, 0.2) is 0 Å². The molecule has 0 unspecified atom stereocenters. The fourth-order valence-electron chi connectivity index (χ4n) is 4.54. The Balaban J connectivity index is 1.59. The molecule has 3 aromatic carbocycles. The summed E-state index contributed by atoms with van der Waals surface area (Å²) in [6, 6.07) is 23.1. The summed E-state index contributed by atoms with van der Waals surface area (Å²) in [4.78, 5) is 0.169. The van der Waals surface area contributed by atoms with Crippen LogP contribution >= 0.6 is 11.6 Å². The molecule has 39 heavy (non-hydrogen) atoms. The smallest absolute Gasteiger partial charge is 0.243 e. The van der Waals surface area contributed by atoms with E-state index < -0.39 is 10.0 Å². The van der Waals surface area contributed by atoms with Crippen LogP contribution in [0.25, 0.3) is 5.69 Å². The van der Waals surface area contributed by atoms with Gasteiger partial charge in [-0.25, -0.2) is 13.1 Å². The number of aromatic nitrogens is 2. The SMILES string of the molecule is COc1ccc(S(=O)(=O)N(Cc2c(C)nn(-c3ccccc3)c2Oc2ccccc2Cl)C[C@@H]2CCCO2)cc1. The van der Waals surface area contributed by atoms with Crippen LogP contribution in [0.4, 0.5) is 0 Å². The molecule has 0 bridgehead atoms. The normalized spacial score (nSPS) is 15.5. The van der Waals surface area contributed by atoms with Crippen molar-refractivity contribution in [3.8, 4) is 23.1 Å².